The molecule has 0 bridgehead atoms. The third-order valence-electron chi connectivity index (χ3n) is 7.84. The van der Waals surface area contributed by atoms with Crippen LogP contribution in [-0.4, -0.2) is 52.5 Å². The number of nitrogens with zero attached hydrogens (tertiary/aromatic N) is 2. The minimum absolute atomic E-state index is 0.00226. The van der Waals surface area contributed by atoms with E-state index in [0.717, 1.165) is 40.6 Å². The number of aromatic nitrogens is 1. The largest absolute Gasteiger partial charge is 0.454 e. The van der Waals surface area contributed by atoms with Gasteiger partial charge >= 0.3 is 0 Å². The van der Waals surface area contributed by atoms with E-state index in [0.29, 0.717) is 24.5 Å². The summed E-state index contributed by atoms with van der Waals surface area (Å²) in [5.41, 5.74) is 4.05. The third-order valence-corrected chi connectivity index (χ3v) is 7.84. The van der Waals surface area contributed by atoms with Gasteiger partial charge in [-0.25, -0.2) is 0 Å². The Labute approximate surface area is 211 Å². The van der Waals surface area contributed by atoms with Crippen molar-refractivity contribution in [2.45, 2.75) is 64.0 Å². The van der Waals surface area contributed by atoms with Gasteiger partial charge in [0.15, 0.2) is 11.5 Å². The molecule has 36 heavy (non-hydrogen) atoms. The van der Waals surface area contributed by atoms with Crippen LogP contribution in [0.2, 0.25) is 0 Å². The van der Waals surface area contributed by atoms with E-state index < -0.39 is 6.04 Å². The number of aromatic amines is 1. The number of H-pyrrole nitrogens is 1. The molecule has 0 radical (unpaired) electrons. The number of carbonyl (C=O) groups excluding carboxylic acids is 2. The second-order valence-corrected chi connectivity index (χ2v) is 10.1. The van der Waals surface area contributed by atoms with E-state index in [2.05, 4.69) is 24.0 Å². The van der Waals surface area contributed by atoms with Crippen molar-refractivity contribution in [3.05, 3.63) is 59.3 Å². The number of nitrogens with one attached hydrogen (secondary N) is 1. The van der Waals surface area contributed by atoms with E-state index in [1.54, 1.807) is 4.90 Å². The SMILES string of the molecule is CCCCCCCCN1CC(=O)N2C(Cc3c([nH]c4ccccc34)[C@@H]2c2ccc3c(c2)OCO3)C1=O. The number of rotatable bonds is 8. The van der Waals surface area contributed by atoms with Crippen LogP contribution in [0.3, 0.4) is 0 Å². The molecule has 3 aromatic rings. The average molecular weight is 488 g/mol. The van der Waals surface area contributed by atoms with E-state index >= 15 is 0 Å². The molecule has 7 nitrogen and oxygen atoms in total. The van der Waals surface area contributed by atoms with Crippen molar-refractivity contribution >= 4 is 22.7 Å². The molecule has 4 heterocycles. The van der Waals surface area contributed by atoms with Crippen molar-refractivity contribution in [3.63, 3.8) is 0 Å². The first kappa shape index (κ1) is 23.0. The summed E-state index contributed by atoms with van der Waals surface area (Å²) in [7, 11) is 0. The predicted molar refractivity (Wildman–Crippen MR) is 137 cm³/mol. The molecule has 1 N–H and O–H groups in total. The fourth-order valence-corrected chi connectivity index (χ4v) is 6.03. The van der Waals surface area contributed by atoms with Crippen LogP contribution in [0, 0.1) is 0 Å². The minimum Gasteiger partial charge on any atom is -0.454 e. The molecule has 3 aliphatic heterocycles. The summed E-state index contributed by atoms with van der Waals surface area (Å²) in [6.07, 6.45) is 7.46. The van der Waals surface area contributed by atoms with Crippen LogP contribution in [-0.2, 0) is 16.0 Å². The lowest BCUT2D eigenvalue weighted by Gasteiger charge is -2.47. The second-order valence-electron chi connectivity index (χ2n) is 10.1. The van der Waals surface area contributed by atoms with Crippen LogP contribution >= 0.6 is 0 Å². The number of carbonyl (C=O) groups is 2. The number of ether oxygens (including phenoxy) is 2. The van der Waals surface area contributed by atoms with E-state index in [-0.39, 0.29) is 31.2 Å². The Morgan fingerprint density at radius 3 is 2.67 bits per heavy atom. The van der Waals surface area contributed by atoms with Gasteiger partial charge in [-0.3, -0.25) is 9.59 Å². The molecular formula is C29H33N3O4. The normalized spacial score (nSPS) is 20.7. The van der Waals surface area contributed by atoms with Crippen molar-refractivity contribution in [1.29, 1.82) is 0 Å². The Morgan fingerprint density at radius 1 is 0.972 bits per heavy atom. The monoisotopic (exact) mass is 487 g/mol. The van der Waals surface area contributed by atoms with Gasteiger partial charge < -0.3 is 24.3 Å². The average Bonchev–Trinajstić information content (AvgIpc) is 3.51. The van der Waals surface area contributed by atoms with Gasteiger partial charge in [-0.05, 0) is 35.7 Å². The second kappa shape index (κ2) is 9.52. The first-order valence-electron chi connectivity index (χ1n) is 13.2. The number of hydrogen-bond acceptors (Lipinski definition) is 4. The molecule has 1 aromatic heterocycles. The van der Waals surface area contributed by atoms with Crippen LogP contribution in [0.1, 0.15) is 68.3 Å². The summed E-state index contributed by atoms with van der Waals surface area (Å²) in [5.74, 6) is 1.43. The molecule has 0 saturated carbocycles. The molecule has 2 atom stereocenters. The molecular weight excluding hydrogens is 454 g/mol. The highest BCUT2D eigenvalue weighted by atomic mass is 16.7. The first-order chi connectivity index (χ1) is 17.7. The zero-order chi connectivity index (χ0) is 24.6. The molecule has 1 unspecified atom stereocenters. The maximum Gasteiger partial charge on any atom is 0.246 e. The summed E-state index contributed by atoms with van der Waals surface area (Å²) in [6, 6.07) is 13.1. The van der Waals surface area contributed by atoms with Crippen LogP contribution < -0.4 is 9.47 Å². The summed E-state index contributed by atoms with van der Waals surface area (Å²) in [5, 5.41) is 1.12. The number of benzene rings is 2. The molecule has 2 aromatic carbocycles. The Balaban J connectivity index is 1.33. The molecule has 7 heteroatoms. The molecule has 3 aliphatic rings. The highest BCUT2D eigenvalue weighted by molar-refractivity contribution is 5.97. The highest BCUT2D eigenvalue weighted by Gasteiger charge is 2.48. The Hall–Kier alpha value is -3.48. The number of piperazine rings is 1. The van der Waals surface area contributed by atoms with Gasteiger partial charge in [0, 0.05) is 29.6 Å². The van der Waals surface area contributed by atoms with E-state index in [1.807, 2.05) is 35.2 Å². The Bertz CT molecular complexity index is 1300. The third kappa shape index (κ3) is 3.91. The van der Waals surface area contributed by atoms with Crippen LogP contribution in [0.4, 0.5) is 0 Å². The van der Waals surface area contributed by atoms with E-state index in [1.165, 1.54) is 25.7 Å². The van der Waals surface area contributed by atoms with Crippen molar-refractivity contribution < 1.29 is 19.1 Å². The molecule has 6 rings (SSSR count). The van der Waals surface area contributed by atoms with Gasteiger partial charge in [0.2, 0.25) is 18.6 Å². The van der Waals surface area contributed by atoms with Crippen molar-refractivity contribution in [3.8, 4) is 11.5 Å². The molecule has 2 amide bonds. The number of fused-ring (bicyclic) bond motifs is 5. The zero-order valence-corrected chi connectivity index (χ0v) is 20.8. The highest BCUT2D eigenvalue weighted by Crippen LogP contribution is 2.44. The van der Waals surface area contributed by atoms with E-state index in [4.69, 9.17) is 9.47 Å². The van der Waals surface area contributed by atoms with Crippen LogP contribution in [0.25, 0.3) is 10.9 Å². The summed E-state index contributed by atoms with van der Waals surface area (Å²) >= 11 is 0. The number of hydrogen-bond donors (Lipinski definition) is 1. The number of unbranched alkanes of at least 4 members (excludes halogenated alkanes) is 5. The lowest BCUT2D eigenvalue weighted by molar-refractivity contribution is -0.158. The van der Waals surface area contributed by atoms with E-state index in [9.17, 15) is 9.59 Å². The fourth-order valence-electron chi connectivity index (χ4n) is 6.03. The Kier molecular flexibility index (Phi) is 6.07. The lowest BCUT2D eigenvalue weighted by atomic mass is 9.86. The maximum absolute atomic E-state index is 13.8. The fraction of sp³-hybridized carbons (Fsp3) is 0.448. The van der Waals surface area contributed by atoms with Crippen LogP contribution in [0.15, 0.2) is 42.5 Å². The molecule has 0 aliphatic carbocycles. The molecule has 1 saturated heterocycles. The van der Waals surface area contributed by atoms with Gasteiger partial charge in [-0.2, -0.15) is 0 Å². The van der Waals surface area contributed by atoms with Crippen LogP contribution in [0.5, 0.6) is 11.5 Å². The molecule has 0 spiro atoms. The molecule has 1 fully saturated rings. The lowest BCUT2D eigenvalue weighted by Crippen LogP contribution is -2.63. The summed E-state index contributed by atoms with van der Waals surface area (Å²) in [6.45, 7) is 3.19. The van der Waals surface area contributed by atoms with Gasteiger partial charge in [0.05, 0.1) is 12.6 Å². The zero-order valence-electron chi connectivity index (χ0n) is 20.8. The number of amides is 2. The smallest absolute Gasteiger partial charge is 0.246 e. The van der Waals surface area contributed by atoms with Gasteiger partial charge in [-0.15, -0.1) is 0 Å². The standard InChI is InChI=1S/C29H33N3O4/c1-2-3-4-5-6-9-14-31-17-26(33)32-23(29(31)34)16-21-20-10-7-8-11-22(20)30-27(21)28(32)19-12-13-24-25(15-19)36-18-35-24/h7-8,10-13,15,23,28,30H,2-6,9,14,16-18H2,1H3/t23?,28-/m0/s1. The van der Waals surface area contributed by atoms with Crippen molar-refractivity contribution in [2.24, 2.45) is 0 Å². The van der Waals surface area contributed by atoms with Crippen molar-refractivity contribution in [1.82, 2.24) is 14.8 Å². The first-order valence-corrected chi connectivity index (χ1v) is 13.2. The quantitative estimate of drug-likeness (QED) is 0.457. The summed E-state index contributed by atoms with van der Waals surface area (Å²) in [4.78, 5) is 34.6. The predicted octanol–water partition coefficient (Wildman–Crippen LogP) is 4.94. The van der Waals surface area contributed by atoms with Gasteiger partial charge in [0.25, 0.3) is 0 Å². The topological polar surface area (TPSA) is 74.9 Å². The van der Waals surface area contributed by atoms with Gasteiger partial charge in [-0.1, -0.05) is 63.3 Å². The molecule has 188 valence electrons. The Morgan fingerprint density at radius 2 is 1.78 bits per heavy atom. The maximum atomic E-state index is 13.8. The minimum atomic E-state index is -0.506. The number of para-hydroxylation sites is 1. The summed E-state index contributed by atoms with van der Waals surface area (Å²) < 4.78 is 11.2. The van der Waals surface area contributed by atoms with Gasteiger partial charge in [0.1, 0.15) is 6.04 Å². The van der Waals surface area contributed by atoms with Crippen molar-refractivity contribution in [2.75, 3.05) is 19.9 Å².